The number of carboxylic acids is 2. The van der Waals surface area contributed by atoms with Crippen LogP contribution in [0.3, 0.4) is 0 Å². The van der Waals surface area contributed by atoms with Gasteiger partial charge in [-0.2, -0.15) is 0 Å². The van der Waals surface area contributed by atoms with Crippen LogP contribution in [0.25, 0.3) is 0 Å². The van der Waals surface area contributed by atoms with Gasteiger partial charge in [0.2, 0.25) is 11.8 Å². The summed E-state index contributed by atoms with van der Waals surface area (Å²) in [5, 5.41) is 146. The number of esters is 1. The SMILES string of the molecule is CC(=O)N[C@@H]1[C@@H](O[C@@H]2O[C@H](C(=O)O)[C@@H](O[C@@H]3O[C@H](CO)[C@@H](O)[C@H](O[C@@H]4O[C@H](C(=O)O)[C@@H](O)[C@H](O)[C@H]4O)[C@H]3NC(C)=O)[C@H](O)[C@H]2O)[C@H](O)[C@@H](CO)O[C@H]1O.CCCCCCCCCCCCCCCCCC(=O)OCC(O)CO.[NaH]. The molecule has 0 bridgehead atoms. The van der Waals surface area contributed by atoms with Gasteiger partial charge in [0.1, 0.15) is 98.0 Å². The Morgan fingerprint density at radius 1 is 0.494 bits per heavy atom. The van der Waals surface area contributed by atoms with E-state index in [1.165, 1.54) is 83.5 Å². The molecule has 29 nitrogen and oxygen atoms in total. The fraction of sp³-hybridized carbons (Fsp3) is 0.898. The quantitative estimate of drug-likeness (QED) is 0.0176. The van der Waals surface area contributed by atoms with Crippen LogP contribution in [0.2, 0.25) is 0 Å². The summed E-state index contributed by atoms with van der Waals surface area (Å²) in [6.07, 6.45) is -17.5. The number of hydrogen-bond donors (Lipinski definition) is 16. The topological polar surface area (TPSA) is 466 Å². The second-order valence-electron chi connectivity index (χ2n) is 19.9. The average molecular weight is 1160 g/mol. The third-order valence-electron chi connectivity index (χ3n) is 13.6. The molecule has 4 saturated heterocycles. The molecule has 0 aromatic carbocycles. The van der Waals surface area contributed by atoms with Crippen molar-refractivity contribution in [1.29, 1.82) is 0 Å². The van der Waals surface area contributed by atoms with Crippen molar-refractivity contribution in [1.82, 2.24) is 10.6 Å². The van der Waals surface area contributed by atoms with Crippen LogP contribution in [0, 0.1) is 0 Å². The summed E-state index contributed by atoms with van der Waals surface area (Å²) in [7, 11) is 0. The summed E-state index contributed by atoms with van der Waals surface area (Å²) >= 11 is 0. The first-order valence-electron chi connectivity index (χ1n) is 26.7. The Labute approximate surface area is 480 Å². The van der Waals surface area contributed by atoms with E-state index in [0.29, 0.717) is 6.42 Å². The number of ether oxygens (including phenoxy) is 8. The molecule has 2 amide bonds. The van der Waals surface area contributed by atoms with E-state index in [0.717, 1.165) is 26.7 Å². The first-order valence-corrected chi connectivity index (χ1v) is 26.7. The first-order chi connectivity index (χ1) is 37.0. The molecule has 16 N–H and O–H groups in total. The third kappa shape index (κ3) is 22.9. The molecule has 30 heteroatoms. The minimum atomic E-state index is -2.30. The van der Waals surface area contributed by atoms with Crippen LogP contribution in [-0.4, -0.2) is 286 Å². The second-order valence-corrected chi connectivity index (χ2v) is 19.9. The number of aliphatic hydroxyl groups excluding tert-OH is 12. The Bertz CT molecular complexity index is 1780. The molecule has 4 fully saturated rings. The summed E-state index contributed by atoms with van der Waals surface area (Å²) in [6.45, 7) is 1.91. The minimum absolute atomic E-state index is 0. The first kappa shape index (κ1) is 72.7. The Kier molecular flexibility index (Phi) is 34.7. The molecule has 4 aliphatic heterocycles. The zero-order chi connectivity index (χ0) is 58.2. The monoisotopic (exact) mass is 1160 g/mol. The van der Waals surface area contributed by atoms with Crippen LogP contribution in [0.15, 0.2) is 0 Å². The molecule has 0 aliphatic carbocycles. The summed E-state index contributed by atoms with van der Waals surface area (Å²) in [5.74, 6) is -5.56. The van der Waals surface area contributed by atoms with E-state index in [4.69, 9.17) is 48.1 Å². The van der Waals surface area contributed by atoms with E-state index >= 15 is 0 Å². The zero-order valence-corrected chi connectivity index (χ0v) is 44.3. The number of carbonyl (C=O) groups is 5. The van der Waals surface area contributed by atoms with E-state index in [1.807, 2.05) is 0 Å². The average Bonchev–Trinajstić information content (AvgIpc) is 3.52. The van der Waals surface area contributed by atoms with Gasteiger partial charge >= 0.3 is 47.5 Å². The van der Waals surface area contributed by atoms with Crippen molar-refractivity contribution in [3.05, 3.63) is 0 Å². The standard InChI is InChI=1S/C28H44N2O23.C21H42O4.Na.H/c1-5(33)29-9-18(11(35)7(3-31)47-25(9)46)49-28-17(41)15(39)20(22(53-28)24(44)45)51-26-10(30-6(2)34)19(12(36)8(4-32)48-26)50-27-16(40)13(37)14(38)21(52-27)23(42)43;1-2-3-4-5-6-7-8-9-10-11-12-13-14-15-16-17-21(24)25-19-20(23)18-22;;/h7-22,25-28,31-32,35-41,46H,3-4H2,1-2H3,(H,29,33)(H,30,34)(H,42,43)(H,44,45);20,22-23H,2-19H2,1H3;;/t7-,8-,9-,10-,11-,12-,13+,14+,15-,16-,17-,18-,19-,20+,21+,22+,25-,26+,27-,28-;;;/m1.../s1. The van der Waals surface area contributed by atoms with Gasteiger partial charge in [-0.05, 0) is 6.42 Å². The normalized spacial score (nSPS) is 34.9. The number of carboxylic acid groups (broad SMARTS) is 2. The molecular formula is C49H87N2NaO27. The molecule has 1 unspecified atom stereocenters. The molecule has 79 heavy (non-hydrogen) atoms. The van der Waals surface area contributed by atoms with Crippen LogP contribution in [-0.2, 0) is 61.9 Å². The van der Waals surface area contributed by atoms with Gasteiger partial charge in [-0.1, -0.05) is 96.8 Å². The molecule has 4 rings (SSSR count). The van der Waals surface area contributed by atoms with Crippen molar-refractivity contribution in [2.45, 2.75) is 252 Å². The van der Waals surface area contributed by atoms with Crippen molar-refractivity contribution in [3.63, 3.8) is 0 Å². The molecule has 0 aromatic heterocycles. The fourth-order valence-electron chi connectivity index (χ4n) is 9.25. The number of nitrogens with one attached hydrogen (secondary N) is 2. The van der Waals surface area contributed by atoms with Gasteiger partial charge in [0.25, 0.3) is 0 Å². The van der Waals surface area contributed by atoms with Gasteiger partial charge < -0.3 is 120 Å². The van der Waals surface area contributed by atoms with Crippen molar-refractivity contribution in [2.24, 2.45) is 0 Å². The van der Waals surface area contributed by atoms with Crippen LogP contribution in [0.4, 0.5) is 0 Å². The predicted octanol–water partition coefficient (Wildman–Crippen LogP) is -4.78. The molecule has 4 aliphatic rings. The Morgan fingerprint density at radius 2 is 0.911 bits per heavy atom. The number of amides is 2. The van der Waals surface area contributed by atoms with Crippen molar-refractivity contribution >= 4 is 59.3 Å². The summed E-state index contributed by atoms with van der Waals surface area (Å²) in [5.41, 5.74) is 0. The number of unbranched alkanes of at least 4 members (excludes halogenated alkanes) is 14. The van der Waals surface area contributed by atoms with E-state index in [-0.39, 0.29) is 48.7 Å². The number of aliphatic hydroxyl groups is 12. The van der Waals surface area contributed by atoms with Crippen molar-refractivity contribution in [2.75, 3.05) is 26.4 Å². The van der Waals surface area contributed by atoms with Gasteiger partial charge in [-0.15, -0.1) is 0 Å². The molecule has 0 saturated carbocycles. The van der Waals surface area contributed by atoms with Crippen molar-refractivity contribution < 1.29 is 133 Å². The predicted molar refractivity (Wildman–Crippen MR) is 269 cm³/mol. The Balaban J connectivity index is 0.000000693. The molecular weight excluding hydrogens is 1070 g/mol. The Morgan fingerprint density at radius 3 is 1.37 bits per heavy atom. The number of hydrogen-bond acceptors (Lipinski definition) is 25. The summed E-state index contributed by atoms with van der Waals surface area (Å²) in [4.78, 5) is 59.6. The molecule has 21 atom stereocenters. The van der Waals surface area contributed by atoms with Crippen molar-refractivity contribution in [3.8, 4) is 0 Å². The molecule has 4 heterocycles. The van der Waals surface area contributed by atoms with Gasteiger partial charge in [0.15, 0.2) is 37.4 Å². The zero-order valence-electron chi connectivity index (χ0n) is 44.3. The molecule has 0 radical (unpaired) electrons. The van der Waals surface area contributed by atoms with Crippen LogP contribution in [0.1, 0.15) is 124 Å². The summed E-state index contributed by atoms with van der Waals surface area (Å²) < 4.78 is 42.9. The van der Waals surface area contributed by atoms with Gasteiger partial charge in [0, 0.05) is 20.3 Å². The van der Waals surface area contributed by atoms with Crippen LogP contribution in [0.5, 0.6) is 0 Å². The molecule has 0 aromatic rings. The van der Waals surface area contributed by atoms with E-state index in [9.17, 15) is 85.3 Å². The number of carbonyl (C=O) groups excluding carboxylic acids is 3. The molecule has 0 spiro atoms. The van der Waals surface area contributed by atoms with Gasteiger partial charge in [-0.3, -0.25) is 14.4 Å². The van der Waals surface area contributed by atoms with Crippen LogP contribution >= 0.6 is 0 Å². The number of aliphatic carboxylic acids is 2. The fourth-order valence-corrected chi connectivity index (χ4v) is 9.25. The second kappa shape index (κ2) is 37.7. The van der Waals surface area contributed by atoms with E-state index < -0.39 is 166 Å². The molecule has 456 valence electrons. The maximum absolute atomic E-state index is 12.5. The Hall–Kier alpha value is -2.41. The van der Waals surface area contributed by atoms with E-state index in [2.05, 4.69) is 17.6 Å². The van der Waals surface area contributed by atoms with E-state index in [1.54, 1.807) is 0 Å². The van der Waals surface area contributed by atoms with Gasteiger partial charge in [0.05, 0.1) is 19.8 Å². The number of rotatable bonds is 31. The maximum atomic E-state index is 12.5. The van der Waals surface area contributed by atoms with Crippen LogP contribution < -0.4 is 10.6 Å². The van der Waals surface area contributed by atoms with Gasteiger partial charge in [-0.25, -0.2) is 9.59 Å². The summed E-state index contributed by atoms with van der Waals surface area (Å²) in [6, 6.07) is -3.38. The third-order valence-corrected chi connectivity index (χ3v) is 13.6.